The third-order valence-electron chi connectivity index (χ3n) is 6.87. The number of alkyl halides is 1. The monoisotopic (exact) mass is 623 g/mol. The maximum Gasteiger partial charge on any atom is 0.262 e. The molecule has 2 aliphatic heterocycles. The standard InChI is InChI=1S/C29H26IN3O5/c30-14-6-8-20-16-26(35)31(17-19-7-5-9-21(34)15-19)24-12-3-4-13-25(24)33(20)27(36)18-32-28(37)22-10-1-2-11-23(22)29(32)38/h1-5,7,9-13,15,20,34H,6,8,14,16-18H2. The highest BCUT2D eigenvalue weighted by Crippen LogP contribution is 2.38. The maximum absolute atomic E-state index is 13.9. The number of benzene rings is 3. The van der Waals surface area contributed by atoms with Gasteiger partial charge in [0.25, 0.3) is 11.8 Å². The van der Waals surface area contributed by atoms with E-state index >= 15 is 0 Å². The van der Waals surface area contributed by atoms with Crippen LogP contribution in [0.15, 0.2) is 72.8 Å². The Hall–Kier alpha value is -3.73. The fourth-order valence-corrected chi connectivity index (χ4v) is 5.56. The highest BCUT2D eigenvalue weighted by atomic mass is 127. The number of fused-ring (bicyclic) bond motifs is 2. The molecule has 0 radical (unpaired) electrons. The summed E-state index contributed by atoms with van der Waals surface area (Å²) in [6.07, 6.45) is 1.48. The molecule has 9 heteroatoms. The molecular weight excluding hydrogens is 597 g/mol. The van der Waals surface area contributed by atoms with Crippen molar-refractivity contribution < 1.29 is 24.3 Å². The number of phenolic OH excluding ortho intramolecular Hbond substituents is 1. The van der Waals surface area contributed by atoms with Crippen LogP contribution >= 0.6 is 22.6 Å². The Balaban J connectivity index is 1.51. The number of para-hydroxylation sites is 2. The quantitative estimate of drug-likeness (QED) is 0.237. The largest absolute Gasteiger partial charge is 0.508 e. The van der Waals surface area contributed by atoms with Gasteiger partial charge in [-0.1, -0.05) is 59.0 Å². The number of halogens is 1. The molecule has 0 bridgehead atoms. The number of carbonyl (C=O) groups excluding carboxylic acids is 4. The summed E-state index contributed by atoms with van der Waals surface area (Å²) in [4.78, 5) is 57.7. The smallest absolute Gasteiger partial charge is 0.262 e. The van der Waals surface area contributed by atoms with Gasteiger partial charge in [0.15, 0.2) is 0 Å². The second kappa shape index (κ2) is 10.9. The summed E-state index contributed by atoms with van der Waals surface area (Å²) in [7, 11) is 0. The molecule has 4 amide bonds. The van der Waals surface area contributed by atoms with Gasteiger partial charge in [0, 0.05) is 12.5 Å². The van der Waals surface area contributed by atoms with E-state index in [0.29, 0.717) is 17.8 Å². The van der Waals surface area contributed by atoms with Crippen LogP contribution in [0.4, 0.5) is 11.4 Å². The second-order valence-electron chi connectivity index (χ2n) is 9.33. The summed E-state index contributed by atoms with van der Waals surface area (Å²) >= 11 is 2.27. The van der Waals surface area contributed by atoms with Crippen molar-refractivity contribution in [2.75, 3.05) is 20.8 Å². The van der Waals surface area contributed by atoms with Crippen molar-refractivity contribution in [3.8, 4) is 5.75 Å². The van der Waals surface area contributed by atoms with Gasteiger partial charge in [-0.3, -0.25) is 24.1 Å². The van der Waals surface area contributed by atoms with E-state index in [9.17, 15) is 24.3 Å². The lowest BCUT2D eigenvalue weighted by atomic mass is 10.1. The van der Waals surface area contributed by atoms with Crippen molar-refractivity contribution in [3.05, 3.63) is 89.5 Å². The molecule has 2 aliphatic rings. The highest BCUT2D eigenvalue weighted by Gasteiger charge is 2.40. The first-order valence-electron chi connectivity index (χ1n) is 12.4. The van der Waals surface area contributed by atoms with E-state index in [1.54, 1.807) is 76.5 Å². The number of hydrogen-bond donors (Lipinski definition) is 1. The van der Waals surface area contributed by atoms with Crippen LogP contribution in [-0.4, -0.2) is 50.6 Å². The molecule has 3 aromatic rings. The molecule has 5 rings (SSSR count). The number of amides is 4. The van der Waals surface area contributed by atoms with Crippen LogP contribution < -0.4 is 9.80 Å². The van der Waals surface area contributed by atoms with E-state index < -0.39 is 30.3 Å². The number of anilines is 2. The van der Waals surface area contributed by atoms with Crippen molar-refractivity contribution in [2.24, 2.45) is 0 Å². The molecule has 1 atom stereocenters. The molecule has 1 unspecified atom stereocenters. The molecule has 0 saturated carbocycles. The number of aromatic hydroxyl groups is 1. The molecule has 0 spiro atoms. The summed E-state index contributed by atoms with van der Waals surface area (Å²) < 4.78 is 0.859. The van der Waals surface area contributed by atoms with Crippen molar-refractivity contribution in [2.45, 2.75) is 31.8 Å². The molecule has 1 N–H and O–H groups in total. The molecule has 194 valence electrons. The molecule has 0 fully saturated rings. The first kappa shape index (κ1) is 25.9. The molecule has 3 aromatic carbocycles. The summed E-state index contributed by atoms with van der Waals surface area (Å²) in [5.41, 5.74) is 2.45. The maximum atomic E-state index is 13.9. The summed E-state index contributed by atoms with van der Waals surface area (Å²) in [6, 6.07) is 20.0. The topological polar surface area (TPSA) is 98.2 Å². The molecule has 2 heterocycles. The zero-order valence-electron chi connectivity index (χ0n) is 20.5. The fourth-order valence-electron chi connectivity index (χ4n) is 5.12. The van der Waals surface area contributed by atoms with Gasteiger partial charge in [0.2, 0.25) is 11.8 Å². The minimum atomic E-state index is -0.493. The summed E-state index contributed by atoms with van der Waals surface area (Å²) in [5.74, 6) is -1.44. The molecule has 0 saturated heterocycles. The van der Waals surface area contributed by atoms with Crippen molar-refractivity contribution in [1.82, 2.24) is 4.90 Å². The van der Waals surface area contributed by atoms with Crippen LogP contribution in [0.5, 0.6) is 5.75 Å². The van der Waals surface area contributed by atoms with Gasteiger partial charge in [-0.15, -0.1) is 0 Å². The van der Waals surface area contributed by atoms with Crippen LogP contribution in [-0.2, 0) is 16.1 Å². The molecule has 0 aliphatic carbocycles. The van der Waals surface area contributed by atoms with E-state index in [4.69, 9.17) is 0 Å². The molecular formula is C29H26IN3O5. The van der Waals surface area contributed by atoms with Crippen molar-refractivity contribution in [1.29, 1.82) is 0 Å². The Bertz CT molecular complexity index is 1390. The SMILES string of the molecule is O=C1c2ccccc2C(=O)N1CC(=O)N1c2ccccc2N(Cc2cccc(O)c2)C(=O)CC1CCCI. The van der Waals surface area contributed by atoms with Crippen molar-refractivity contribution in [3.63, 3.8) is 0 Å². The van der Waals surface area contributed by atoms with Gasteiger partial charge >= 0.3 is 0 Å². The fraction of sp³-hybridized carbons (Fsp3) is 0.241. The predicted molar refractivity (Wildman–Crippen MR) is 152 cm³/mol. The first-order valence-corrected chi connectivity index (χ1v) is 13.9. The Morgan fingerprint density at radius 1 is 0.868 bits per heavy atom. The molecule has 0 aromatic heterocycles. The normalized spacial score (nSPS) is 16.9. The Labute approximate surface area is 234 Å². The number of carbonyl (C=O) groups is 4. The van der Waals surface area contributed by atoms with Gasteiger partial charge in [-0.2, -0.15) is 0 Å². The Kier molecular flexibility index (Phi) is 7.46. The Morgan fingerprint density at radius 2 is 1.53 bits per heavy atom. The van der Waals surface area contributed by atoms with Crippen LogP contribution in [0.3, 0.4) is 0 Å². The highest BCUT2D eigenvalue weighted by molar-refractivity contribution is 14.1. The molecule has 8 nitrogen and oxygen atoms in total. The predicted octanol–water partition coefficient (Wildman–Crippen LogP) is 4.54. The van der Waals surface area contributed by atoms with Crippen LogP contribution in [0.1, 0.15) is 45.5 Å². The third-order valence-corrected chi connectivity index (χ3v) is 7.63. The summed E-state index contributed by atoms with van der Waals surface area (Å²) in [6.45, 7) is -0.189. The number of phenols is 1. The lowest BCUT2D eigenvalue weighted by Gasteiger charge is -2.31. The van der Waals surface area contributed by atoms with Crippen molar-refractivity contribution >= 4 is 57.6 Å². The summed E-state index contributed by atoms with van der Waals surface area (Å²) in [5, 5.41) is 9.94. The molecule has 38 heavy (non-hydrogen) atoms. The van der Waals surface area contributed by atoms with E-state index in [0.717, 1.165) is 21.3 Å². The first-order chi connectivity index (χ1) is 18.4. The zero-order valence-corrected chi connectivity index (χ0v) is 22.7. The minimum absolute atomic E-state index is 0.0952. The van der Waals surface area contributed by atoms with Gasteiger partial charge in [0.05, 0.1) is 29.0 Å². The van der Waals surface area contributed by atoms with Gasteiger partial charge in [0.1, 0.15) is 12.3 Å². The van der Waals surface area contributed by atoms with Crippen LogP contribution in [0, 0.1) is 0 Å². The van der Waals surface area contributed by atoms with Gasteiger partial charge in [-0.25, -0.2) is 0 Å². The minimum Gasteiger partial charge on any atom is -0.508 e. The van der Waals surface area contributed by atoms with E-state index in [1.807, 2.05) is 6.07 Å². The lowest BCUT2D eigenvalue weighted by Crippen LogP contribution is -2.47. The van der Waals surface area contributed by atoms with Crippen LogP contribution in [0.25, 0.3) is 0 Å². The van der Waals surface area contributed by atoms with Gasteiger partial charge in [-0.05, 0) is 59.2 Å². The van der Waals surface area contributed by atoms with E-state index in [-0.39, 0.29) is 35.7 Å². The van der Waals surface area contributed by atoms with E-state index in [1.165, 1.54) is 0 Å². The average molecular weight is 623 g/mol. The third kappa shape index (κ3) is 4.90. The van der Waals surface area contributed by atoms with Gasteiger partial charge < -0.3 is 14.9 Å². The zero-order chi connectivity index (χ0) is 26.8. The van der Waals surface area contributed by atoms with Crippen LogP contribution in [0.2, 0.25) is 0 Å². The number of rotatable bonds is 7. The van der Waals surface area contributed by atoms with E-state index in [2.05, 4.69) is 22.6 Å². The lowest BCUT2D eigenvalue weighted by molar-refractivity contribution is -0.120. The average Bonchev–Trinajstić information content (AvgIpc) is 3.08. The number of nitrogens with zero attached hydrogens (tertiary/aromatic N) is 3. The second-order valence-corrected chi connectivity index (χ2v) is 10.4. The Morgan fingerprint density at radius 3 is 2.18 bits per heavy atom. The number of hydrogen-bond acceptors (Lipinski definition) is 5. The number of imide groups is 1.